The van der Waals surface area contributed by atoms with Gasteiger partial charge in [0, 0.05) is 6.04 Å². The molecule has 19 heavy (non-hydrogen) atoms. The average Bonchev–Trinajstić information content (AvgIpc) is 2.68. The van der Waals surface area contributed by atoms with E-state index in [0.29, 0.717) is 0 Å². The maximum absolute atomic E-state index is 6.10. The molecule has 4 nitrogen and oxygen atoms in total. The van der Waals surface area contributed by atoms with E-state index < -0.39 is 0 Å². The molecule has 0 aliphatic heterocycles. The van der Waals surface area contributed by atoms with Crippen LogP contribution < -0.4 is 5.73 Å². The van der Waals surface area contributed by atoms with Crippen molar-refractivity contribution in [2.45, 2.75) is 46.6 Å². The van der Waals surface area contributed by atoms with Gasteiger partial charge in [-0.25, -0.2) is 9.67 Å². The standard InChI is InChI=1S/C15H22N4/c1-5-14(16)9-13-8-10(2)6-7-15(13)19-12(4)17-11(3)18-19/h6-8,14H,5,9,16H2,1-4H3. The lowest BCUT2D eigenvalue weighted by Gasteiger charge is -2.14. The van der Waals surface area contributed by atoms with Crippen molar-refractivity contribution >= 4 is 0 Å². The second-order valence-corrected chi connectivity index (χ2v) is 5.12. The molecule has 0 aliphatic rings. The smallest absolute Gasteiger partial charge is 0.148 e. The van der Waals surface area contributed by atoms with Crippen molar-refractivity contribution in [2.24, 2.45) is 5.73 Å². The van der Waals surface area contributed by atoms with Gasteiger partial charge in [-0.05, 0) is 45.2 Å². The Hall–Kier alpha value is -1.68. The zero-order chi connectivity index (χ0) is 14.0. The number of benzene rings is 1. The predicted molar refractivity (Wildman–Crippen MR) is 77.5 cm³/mol. The molecule has 0 saturated heterocycles. The minimum Gasteiger partial charge on any atom is -0.327 e. The van der Waals surface area contributed by atoms with Crippen LogP contribution in [0, 0.1) is 20.8 Å². The first-order valence-electron chi connectivity index (χ1n) is 6.77. The largest absolute Gasteiger partial charge is 0.327 e. The zero-order valence-corrected chi connectivity index (χ0v) is 12.1. The fraction of sp³-hybridized carbons (Fsp3) is 0.467. The van der Waals surface area contributed by atoms with Crippen LogP contribution >= 0.6 is 0 Å². The second-order valence-electron chi connectivity index (χ2n) is 5.12. The molecule has 2 aromatic rings. The summed E-state index contributed by atoms with van der Waals surface area (Å²) in [5.41, 5.74) is 9.68. The third-order valence-corrected chi connectivity index (χ3v) is 3.34. The fourth-order valence-corrected chi connectivity index (χ4v) is 2.26. The van der Waals surface area contributed by atoms with Crippen molar-refractivity contribution in [3.63, 3.8) is 0 Å². The molecule has 0 fully saturated rings. The first-order valence-corrected chi connectivity index (χ1v) is 6.77. The molecule has 1 heterocycles. The van der Waals surface area contributed by atoms with Crippen LogP contribution in [0.2, 0.25) is 0 Å². The highest BCUT2D eigenvalue weighted by Gasteiger charge is 2.12. The third kappa shape index (κ3) is 3.01. The van der Waals surface area contributed by atoms with E-state index in [-0.39, 0.29) is 6.04 Å². The normalized spacial score (nSPS) is 12.7. The summed E-state index contributed by atoms with van der Waals surface area (Å²) in [5.74, 6) is 1.71. The quantitative estimate of drug-likeness (QED) is 0.916. The van der Waals surface area contributed by atoms with Crippen LogP contribution in [0.25, 0.3) is 5.69 Å². The Balaban J connectivity index is 2.47. The number of aryl methyl sites for hydroxylation is 3. The summed E-state index contributed by atoms with van der Waals surface area (Å²) in [6, 6.07) is 6.59. The maximum atomic E-state index is 6.10. The summed E-state index contributed by atoms with van der Waals surface area (Å²) in [4.78, 5) is 4.37. The van der Waals surface area contributed by atoms with Crippen LogP contribution in [-0.4, -0.2) is 20.8 Å². The summed E-state index contributed by atoms with van der Waals surface area (Å²) in [6.45, 7) is 8.10. The van der Waals surface area contributed by atoms with E-state index >= 15 is 0 Å². The Bertz CT molecular complexity index is 572. The fourth-order valence-electron chi connectivity index (χ4n) is 2.26. The Labute approximate surface area is 114 Å². The van der Waals surface area contributed by atoms with Crippen LogP contribution in [0.15, 0.2) is 18.2 Å². The van der Waals surface area contributed by atoms with E-state index in [9.17, 15) is 0 Å². The lowest BCUT2D eigenvalue weighted by atomic mass is 10.0. The van der Waals surface area contributed by atoms with E-state index in [4.69, 9.17) is 5.73 Å². The topological polar surface area (TPSA) is 56.7 Å². The molecule has 1 aromatic heterocycles. The number of hydrogen-bond donors (Lipinski definition) is 1. The number of hydrogen-bond acceptors (Lipinski definition) is 3. The molecule has 102 valence electrons. The molecular weight excluding hydrogens is 236 g/mol. The summed E-state index contributed by atoms with van der Waals surface area (Å²) in [6.07, 6.45) is 1.84. The molecule has 0 aliphatic carbocycles. The van der Waals surface area contributed by atoms with Gasteiger partial charge in [0.15, 0.2) is 0 Å². The van der Waals surface area contributed by atoms with Crippen molar-refractivity contribution in [1.29, 1.82) is 0 Å². The van der Waals surface area contributed by atoms with Crippen LogP contribution in [0.3, 0.4) is 0 Å². The van der Waals surface area contributed by atoms with Gasteiger partial charge in [-0.15, -0.1) is 0 Å². The summed E-state index contributed by atoms with van der Waals surface area (Å²) in [7, 11) is 0. The van der Waals surface area contributed by atoms with Crippen molar-refractivity contribution < 1.29 is 0 Å². The van der Waals surface area contributed by atoms with Crippen LogP contribution in [0.1, 0.15) is 36.1 Å². The van der Waals surface area contributed by atoms with Gasteiger partial charge in [0.2, 0.25) is 0 Å². The van der Waals surface area contributed by atoms with Crippen molar-refractivity contribution in [3.05, 3.63) is 41.0 Å². The Kier molecular flexibility index (Phi) is 4.00. The van der Waals surface area contributed by atoms with Crippen LogP contribution in [-0.2, 0) is 6.42 Å². The highest BCUT2D eigenvalue weighted by Crippen LogP contribution is 2.19. The highest BCUT2D eigenvalue weighted by atomic mass is 15.3. The first-order chi connectivity index (χ1) is 9.01. The Morgan fingerprint density at radius 1 is 1.26 bits per heavy atom. The SMILES string of the molecule is CCC(N)Cc1cc(C)ccc1-n1nc(C)nc1C. The molecule has 0 radical (unpaired) electrons. The molecule has 0 amide bonds. The van der Waals surface area contributed by atoms with Gasteiger partial charge in [0.05, 0.1) is 5.69 Å². The van der Waals surface area contributed by atoms with Crippen molar-refractivity contribution in [2.75, 3.05) is 0 Å². The average molecular weight is 258 g/mol. The Morgan fingerprint density at radius 2 is 2.00 bits per heavy atom. The molecule has 1 unspecified atom stereocenters. The van der Waals surface area contributed by atoms with Gasteiger partial charge in [0.25, 0.3) is 0 Å². The van der Waals surface area contributed by atoms with E-state index in [2.05, 4.69) is 42.1 Å². The van der Waals surface area contributed by atoms with E-state index in [0.717, 1.165) is 30.2 Å². The molecule has 1 aromatic carbocycles. The summed E-state index contributed by atoms with van der Waals surface area (Å²) >= 11 is 0. The molecule has 0 spiro atoms. The van der Waals surface area contributed by atoms with Gasteiger partial charge in [0.1, 0.15) is 11.6 Å². The molecule has 2 N–H and O–H groups in total. The second kappa shape index (κ2) is 5.53. The summed E-state index contributed by atoms with van der Waals surface area (Å²) in [5, 5.41) is 4.47. The lowest BCUT2D eigenvalue weighted by molar-refractivity contribution is 0.641. The van der Waals surface area contributed by atoms with Gasteiger partial charge >= 0.3 is 0 Å². The predicted octanol–water partition coefficient (Wildman–Crippen LogP) is 2.47. The first kappa shape index (κ1) is 13.7. The van der Waals surface area contributed by atoms with Gasteiger partial charge in [-0.3, -0.25) is 0 Å². The Morgan fingerprint density at radius 3 is 2.58 bits per heavy atom. The van der Waals surface area contributed by atoms with Crippen molar-refractivity contribution in [1.82, 2.24) is 14.8 Å². The molecule has 1 atom stereocenters. The minimum absolute atomic E-state index is 0.186. The van der Waals surface area contributed by atoms with E-state index in [1.165, 1.54) is 11.1 Å². The third-order valence-electron chi connectivity index (χ3n) is 3.34. The monoisotopic (exact) mass is 258 g/mol. The molecule has 0 bridgehead atoms. The zero-order valence-electron chi connectivity index (χ0n) is 12.1. The molecule has 2 rings (SSSR count). The van der Waals surface area contributed by atoms with Gasteiger partial charge in [-0.2, -0.15) is 5.10 Å². The number of rotatable bonds is 4. The van der Waals surface area contributed by atoms with Crippen LogP contribution in [0.5, 0.6) is 0 Å². The highest BCUT2D eigenvalue weighted by molar-refractivity contribution is 5.43. The number of nitrogens with zero attached hydrogens (tertiary/aromatic N) is 3. The lowest BCUT2D eigenvalue weighted by Crippen LogP contribution is -2.22. The van der Waals surface area contributed by atoms with E-state index in [1.807, 2.05) is 18.5 Å². The van der Waals surface area contributed by atoms with Crippen LogP contribution in [0.4, 0.5) is 0 Å². The maximum Gasteiger partial charge on any atom is 0.148 e. The molecular formula is C15H22N4. The minimum atomic E-state index is 0.186. The van der Waals surface area contributed by atoms with E-state index in [1.54, 1.807) is 0 Å². The number of aromatic nitrogens is 3. The molecule has 0 saturated carbocycles. The molecule has 4 heteroatoms. The summed E-state index contributed by atoms with van der Waals surface area (Å²) < 4.78 is 1.91. The number of nitrogens with two attached hydrogens (primary N) is 1. The van der Waals surface area contributed by atoms with Gasteiger partial charge < -0.3 is 5.73 Å². The van der Waals surface area contributed by atoms with Gasteiger partial charge in [-0.1, -0.05) is 24.6 Å². The van der Waals surface area contributed by atoms with Crippen molar-refractivity contribution in [3.8, 4) is 5.69 Å².